The van der Waals surface area contributed by atoms with Crippen molar-refractivity contribution >= 4 is 55.4 Å². The molecular formula is C51H34N4O. The number of nitrogens with zero attached hydrogens (tertiary/aromatic N) is 3. The van der Waals surface area contributed by atoms with E-state index >= 15 is 0 Å². The second kappa shape index (κ2) is 13.1. The summed E-state index contributed by atoms with van der Waals surface area (Å²) < 4.78 is 8.89. The van der Waals surface area contributed by atoms with Crippen molar-refractivity contribution in [3.05, 3.63) is 211 Å². The molecule has 56 heavy (non-hydrogen) atoms. The van der Waals surface area contributed by atoms with Gasteiger partial charge in [-0.15, -0.1) is 0 Å². The quantitative estimate of drug-likeness (QED) is 0.186. The van der Waals surface area contributed by atoms with Crippen LogP contribution in [0, 0.1) is 0 Å². The van der Waals surface area contributed by atoms with Crippen LogP contribution in [0.25, 0.3) is 71.7 Å². The fourth-order valence-electron chi connectivity index (χ4n) is 8.20. The maximum Gasteiger partial charge on any atom is 0.169 e. The number of furan rings is 1. The zero-order chi connectivity index (χ0) is 37.0. The Morgan fingerprint density at radius 1 is 0.429 bits per heavy atom. The molecule has 1 aliphatic heterocycles. The minimum absolute atomic E-state index is 0.481. The SMILES string of the molecule is c1ccc(C2=NC(c3cccc(-n4c5ccccc5c5ccc(-c6ccccc6)cc54)c3)N=C(c3ccc4c(c3)oc3cccc(-c5ccccc5)c34)N2)cc1. The van der Waals surface area contributed by atoms with Gasteiger partial charge >= 0.3 is 0 Å². The van der Waals surface area contributed by atoms with E-state index in [1.807, 2.05) is 30.3 Å². The summed E-state index contributed by atoms with van der Waals surface area (Å²) in [6.07, 6.45) is -0.481. The second-order valence-corrected chi connectivity index (χ2v) is 14.2. The Labute approximate surface area is 323 Å². The first kappa shape index (κ1) is 32.0. The first-order valence-corrected chi connectivity index (χ1v) is 18.9. The Bertz CT molecular complexity index is 3160. The van der Waals surface area contributed by atoms with Gasteiger partial charge in [0.2, 0.25) is 0 Å². The molecule has 11 rings (SSSR count). The van der Waals surface area contributed by atoms with E-state index in [0.717, 1.165) is 78.1 Å². The Balaban J connectivity index is 1.04. The van der Waals surface area contributed by atoms with Gasteiger partial charge in [-0.05, 0) is 64.7 Å². The first-order chi connectivity index (χ1) is 27.7. The summed E-state index contributed by atoms with van der Waals surface area (Å²) in [5.41, 5.74) is 12.7. The summed E-state index contributed by atoms with van der Waals surface area (Å²) in [4.78, 5) is 10.5. The third-order valence-corrected chi connectivity index (χ3v) is 10.8. The van der Waals surface area contributed by atoms with Crippen LogP contribution in [0.1, 0.15) is 22.9 Å². The molecule has 5 nitrogen and oxygen atoms in total. The first-order valence-electron chi connectivity index (χ1n) is 18.9. The minimum atomic E-state index is -0.481. The lowest BCUT2D eigenvalue weighted by molar-refractivity contribution is 0.669. The number of hydrogen-bond donors (Lipinski definition) is 1. The fraction of sp³-hybridized carbons (Fsp3) is 0.0196. The second-order valence-electron chi connectivity index (χ2n) is 14.2. The predicted octanol–water partition coefficient (Wildman–Crippen LogP) is 12.5. The molecule has 10 aromatic rings. The van der Waals surface area contributed by atoms with Crippen molar-refractivity contribution in [3.63, 3.8) is 0 Å². The van der Waals surface area contributed by atoms with Crippen LogP contribution in [-0.4, -0.2) is 16.2 Å². The van der Waals surface area contributed by atoms with Crippen LogP contribution in [0.15, 0.2) is 209 Å². The van der Waals surface area contributed by atoms with Crippen molar-refractivity contribution in [3.8, 4) is 27.9 Å². The molecule has 3 heterocycles. The maximum atomic E-state index is 6.52. The number of aliphatic imine (C=N–C) groups is 2. The van der Waals surface area contributed by atoms with Crippen LogP contribution in [0.2, 0.25) is 0 Å². The van der Waals surface area contributed by atoms with Crippen molar-refractivity contribution in [2.45, 2.75) is 6.17 Å². The molecule has 264 valence electrons. The molecular weight excluding hydrogens is 685 g/mol. The van der Waals surface area contributed by atoms with E-state index in [9.17, 15) is 0 Å². The van der Waals surface area contributed by atoms with Crippen molar-refractivity contribution in [2.75, 3.05) is 0 Å². The van der Waals surface area contributed by atoms with Gasteiger partial charge in [-0.3, -0.25) is 0 Å². The summed E-state index contributed by atoms with van der Waals surface area (Å²) in [6, 6.07) is 68.0. The van der Waals surface area contributed by atoms with E-state index < -0.39 is 6.17 Å². The number of para-hydroxylation sites is 1. The van der Waals surface area contributed by atoms with Crippen molar-refractivity contribution in [2.24, 2.45) is 9.98 Å². The molecule has 1 aliphatic rings. The van der Waals surface area contributed by atoms with Crippen LogP contribution < -0.4 is 5.32 Å². The van der Waals surface area contributed by atoms with Gasteiger partial charge in [0, 0.05) is 43.9 Å². The summed E-state index contributed by atoms with van der Waals surface area (Å²) >= 11 is 0. The van der Waals surface area contributed by atoms with Gasteiger partial charge in [0.1, 0.15) is 22.8 Å². The standard InChI is InChI=1S/C51H34N4O/c1-4-14-33(15-5-1)36-26-28-42-41-22-10-11-24-44(41)55(45(42)31-36)39-21-12-20-37(30-39)50-52-49(35-18-8-3-9-19-35)53-51(54-50)38-27-29-43-47(32-38)56-46-25-13-23-40(48(43)46)34-16-6-2-7-17-34/h1-32,50H,(H,52,53,54). The molecule has 5 heteroatoms. The lowest BCUT2D eigenvalue weighted by atomic mass is 9.99. The Hall–Kier alpha value is -7.50. The largest absolute Gasteiger partial charge is 0.456 e. The maximum absolute atomic E-state index is 6.52. The van der Waals surface area contributed by atoms with E-state index in [1.54, 1.807) is 0 Å². The van der Waals surface area contributed by atoms with E-state index in [1.165, 1.54) is 21.9 Å². The van der Waals surface area contributed by atoms with Gasteiger partial charge in [-0.2, -0.15) is 0 Å². The van der Waals surface area contributed by atoms with Gasteiger partial charge < -0.3 is 14.3 Å². The van der Waals surface area contributed by atoms with Crippen LogP contribution in [0.4, 0.5) is 0 Å². The molecule has 0 aliphatic carbocycles. The van der Waals surface area contributed by atoms with Crippen LogP contribution in [0.3, 0.4) is 0 Å². The predicted molar refractivity (Wildman–Crippen MR) is 231 cm³/mol. The van der Waals surface area contributed by atoms with E-state index in [4.69, 9.17) is 14.4 Å². The average molecular weight is 719 g/mol. The molecule has 0 saturated heterocycles. The van der Waals surface area contributed by atoms with Crippen LogP contribution in [0.5, 0.6) is 0 Å². The van der Waals surface area contributed by atoms with Gasteiger partial charge in [-0.1, -0.05) is 152 Å². The van der Waals surface area contributed by atoms with Gasteiger partial charge in [-0.25, -0.2) is 9.98 Å². The molecule has 8 aromatic carbocycles. The molecule has 0 amide bonds. The number of benzene rings is 8. The van der Waals surface area contributed by atoms with Crippen molar-refractivity contribution in [1.82, 2.24) is 9.88 Å². The molecule has 0 radical (unpaired) electrons. The zero-order valence-corrected chi connectivity index (χ0v) is 30.3. The fourth-order valence-corrected chi connectivity index (χ4v) is 8.20. The van der Waals surface area contributed by atoms with Gasteiger partial charge in [0.25, 0.3) is 0 Å². The number of amidine groups is 2. The van der Waals surface area contributed by atoms with E-state index in [-0.39, 0.29) is 0 Å². The molecule has 1 unspecified atom stereocenters. The lowest BCUT2D eigenvalue weighted by Gasteiger charge is -2.23. The van der Waals surface area contributed by atoms with Crippen LogP contribution in [-0.2, 0) is 0 Å². The molecule has 0 bridgehead atoms. The van der Waals surface area contributed by atoms with Gasteiger partial charge in [0.15, 0.2) is 6.17 Å². The zero-order valence-electron chi connectivity index (χ0n) is 30.3. The Morgan fingerprint density at radius 3 is 1.88 bits per heavy atom. The van der Waals surface area contributed by atoms with E-state index in [2.05, 4.69) is 174 Å². The summed E-state index contributed by atoms with van der Waals surface area (Å²) in [5.74, 6) is 1.51. The minimum Gasteiger partial charge on any atom is -0.456 e. The smallest absolute Gasteiger partial charge is 0.169 e. The average Bonchev–Trinajstić information content (AvgIpc) is 3.82. The molecule has 2 aromatic heterocycles. The number of rotatable bonds is 6. The highest BCUT2D eigenvalue weighted by atomic mass is 16.3. The highest BCUT2D eigenvalue weighted by Crippen LogP contribution is 2.38. The lowest BCUT2D eigenvalue weighted by Crippen LogP contribution is -2.36. The summed E-state index contributed by atoms with van der Waals surface area (Å²) in [7, 11) is 0. The highest BCUT2D eigenvalue weighted by Gasteiger charge is 2.23. The topological polar surface area (TPSA) is 54.8 Å². The number of nitrogens with one attached hydrogen (secondary N) is 1. The highest BCUT2D eigenvalue weighted by molar-refractivity contribution is 6.18. The number of fused-ring (bicyclic) bond motifs is 6. The van der Waals surface area contributed by atoms with E-state index in [0.29, 0.717) is 0 Å². The normalized spacial score (nSPS) is 14.2. The molecule has 0 fully saturated rings. The molecule has 0 spiro atoms. The van der Waals surface area contributed by atoms with Crippen LogP contribution >= 0.6 is 0 Å². The third-order valence-electron chi connectivity index (χ3n) is 10.8. The van der Waals surface area contributed by atoms with Crippen molar-refractivity contribution in [1.29, 1.82) is 0 Å². The molecule has 1 N–H and O–H groups in total. The monoisotopic (exact) mass is 718 g/mol. The summed E-state index contributed by atoms with van der Waals surface area (Å²) in [5, 5.41) is 8.21. The number of aromatic nitrogens is 1. The molecule has 0 saturated carbocycles. The summed E-state index contributed by atoms with van der Waals surface area (Å²) in [6.45, 7) is 0. The Morgan fingerprint density at radius 2 is 1.07 bits per heavy atom. The molecule has 1 atom stereocenters. The third kappa shape index (κ3) is 5.40. The Kier molecular flexibility index (Phi) is 7.49. The number of hydrogen-bond acceptors (Lipinski definition) is 4. The van der Waals surface area contributed by atoms with Gasteiger partial charge in [0.05, 0.1) is 11.0 Å². The van der Waals surface area contributed by atoms with Crippen molar-refractivity contribution < 1.29 is 4.42 Å².